The molecule has 0 atom stereocenters. The molecule has 0 aliphatic carbocycles. The van der Waals surface area contributed by atoms with Gasteiger partial charge in [0.15, 0.2) is 0 Å². The fraction of sp³-hybridized carbons (Fsp3) is 0.625. The van der Waals surface area contributed by atoms with Crippen LogP contribution in [-0.4, -0.2) is 30.3 Å². The van der Waals surface area contributed by atoms with Gasteiger partial charge in [0.05, 0.1) is 0 Å². The first kappa shape index (κ1) is 17.3. The number of nitrogens with zero attached hydrogens (tertiary/aromatic N) is 1. The Morgan fingerprint density at radius 2 is 1.95 bits per heavy atom. The van der Waals surface area contributed by atoms with Gasteiger partial charge in [-0.1, -0.05) is 31.5 Å². The molecule has 1 aromatic rings. The number of aliphatic hydroxyl groups is 1. The molecule has 0 aromatic heterocycles. The molecule has 0 saturated carbocycles. The van der Waals surface area contributed by atoms with Crippen LogP contribution in [0, 0.1) is 0 Å². The number of aliphatic hydroxyl groups excluding tert-OH is 1. The van der Waals surface area contributed by atoms with Gasteiger partial charge in [0.25, 0.3) is 0 Å². The zero-order valence-electron chi connectivity index (χ0n) is 13.0. The molecule has 0 bridgehead atoms. The van der Waals surface area contributed by atoms with Crippen LogP contribution in [0.25, 0.3) is 0 Å². The summed E-state index contributed by atoms with van der Waals surface area (Å²) in [4.78, 5) is 2.27. The lowest BCUT2D eigenvalue weighted by Crippen LogP contribution is -2.32. The van der Waals surface area contributed by atoms with E-state index in [-0.39, 0.29) is 6.61 Å². The lowest BCUT2D eigenvalue weighted by Gasteiger charge is -2.29. The number of benzene rings is 1. The van der Waals surface area contributed by atoms with Gasteiger partial charge >= 0.3 is 0 Å². The second kappa shape index (κ2) is 8.50. The van der Waals surface area contributed by atoms with Crippen molar-refractivity contribution in [2.75, 3.05) is 18.1 Å². The summed E-state index contributed by atoms with van der Waals surface area (Å²) in [5.41, 5.74) is 2.24. The molecule has 0 fully saturated rings. The van der Waals surface area contributed by atoms with E-state index in [1.807, 2.05) is 6.07 Å². The molecule has 4 heteroatoms. The van der Waals surface area contributed by atoms with Crippen molar-refractivity contribution in [2.24, 2.45) is 0 Å². The van der Waals surface area contributed by atoms with Gasteiger partial charge < -0.3 is 15.3 Å². The Morgan fingerprint density at radius 3 is 2.45 bits per heavy atom. The van der Waals surface area contributed by atoms with Crippen LogP contribution in [0.4, 0.5) is 5.69 Å². The van der Waals surface area contributed by atoms with Gasteiger partial charge in [0.2, 0.25) is 0 Å². The maximum atomic E-state index is 9.00. The number of anilines is 1. The van der Waals surface area contributed by atoms with E-state index in [0.29, 0.717) is 12.1 Å². The average Bonchev–Trinajstić information content (AvgIpc) is 2.37. The summed E-state index contributed by atoms with van der Waals surface area (Å²) in [6.07, 6.45) is 0.770. The van der Waals surface area contributed by atoms with Crippen LogP contribution in [0.15, 0.2) is 18.2 Å². The second-order valence-electron chi connectivity index (χ2n) is 5.68. The van der Waals surface area contributed by atoms with Crippen LogP contribution in [-0.2, 0) is 6.54 Å². The van der Waals surface area contributed by atoms with Gasteiger partial charge in [-0.25, -0.2) is 0 Å². The van der Waals surface area contributed by atoms with Crippen molar-refractivity contribution in [1.29, 1.82) is 0 Å². The van der Waals surface area contributed by atoms with Gasteiger partial charge in [-0.2, -0.15) is 0 Å². The predicted molar refractivity (Wildman–Crippen MR) is 87.6 cm³/mol. The van der Waals surface area contributed by atoms with Crippen molar-refractivity contribution in [3.8, 4) is 0 Å². The molecule has 0 amide bonds. The van der Waals surface area contributed by atoms with E-state index in [4.69, 9.17) is 16.7 Å². The molecular weight excluding hydrogens is 272 g/mol. The summed E-state index contributed by atoms with van der Waals surface area (Å²) in [5.74, 6) is 0. The molecule has 0 heterocycles. The zero-order chi connectivity index (χ0) is 15.1. The minimum Gasteiger partial charge on any atom is -0.396 e. The predicted octanol–water partition coefficient (Wildman–Crippen LogP) is 3.44. The number of nitrogens with one attached hydrogen (secondary N) is 1. The Balaban J connectivity index is 2.82. The Bertz CT molecular complexity index is 407. The van der Waals surface area contributed by atoms with Crippen molar-refractivity contribution >= 4 is 17.3 Å². The smallest absolute Gasteiger partial charge is 0.0471 e. The number of hydrogen-bond donors (Lipinski definition) is 2. The number of halogens is 1. The third-order valence-electron chi connectivity index (χ3n) is 3.25. The second-order valence-corrected chi connectivity index (χ2v) is 6.08. The highest BCUT2D eigenvalue weighted by molar-refractivity contribution is 6.31. The van der Waals surface area contributed by atoms with E-state index in [2.05, 4.69) is 50.0 Å². The zero-order valence-corrected chi connectivity index (χ0v) is 13.7. The molecule has 0 radical (unpaired) electrons. The summed E-state index contributed by atoms with van der Waals surface area (Å²) in [6, 6.07) is 7.05. The molecule has 1 rings (SSSR count). The summed E-state index contributed by atoms with van der Waals surface area (Å²) in [7, 11) is 0. The van der Waals surface area contributed by atoms with Crippen LogP contribution < -0.4 is 10.2 Å². The van der Waals surface area contributed by atoms with Crippen LogP contribution >= 0.6 is 11.6 Å². The monoisotopic (exact) mass is 298 g/mol. The molecule has 3 nitrogen and oxygen atoms in total. The minimum absolute atomic E-state index is 0.216. The quantitative estimate of drug-likeness (QED) is 0.772. The number of rotatable bonds is 8. The lowest BCUT2D eigenvalue weighted by molar-refractivity contribution is 0.288. The summed E-state index contributed by atoms with van der Waals surface area (Å²) in [5, 5.41) is 13.2. The van der Waals surface area contributed by atoms with E-state index in [1.165, 1.54) is 0 Å². The minimum atomic E-state index is 0.216. The summed E-state index contributed by atoms with van der Waals surface area (Å²) < 4.78 is 0. The SMILES string of the molecule is CC(C)NCc1ccc(N(CCCO)C(C)C)cc1Cl. The first-order chi connectivity index (χ1) is 9.45. The van der Waals surface area contributed by atoms with Gasteiger partial charge in [-0.3, -0.25) is 0 Å². The molecule has 0 aliphatic heterocycles. The van der Waals surface area contributed by atoms with Crippen molar-refractivity contribution in [1.82, 2.24) is 5.32 Å². The topological polar surface area (TPSA) is 35.5 Å². The largest absolute Gasteiger partial charge is 0.396 e. The van der Waals surface area contributed by atoms with Gasteiger partial charge in [-0.15, -0.1) is 0 Å². The highest BCUT2D eigenvalue weighted by Crippen LogP contribution is 2.25. The summed E-state index contributed by atoms with van der Waals surface area (Å²) >= 11 is 6.38. The Morgan fingerprint density at radius 1 is 1.25 bits per heavy atom. The third kappa shape index (κ3) is 5.31. The third-order valence-corrected chi connectivity index (χ3v) is 3.60. The normalized spacial score (nSPS) is 11.4. The highest BCUT2D eigenvalue weighted by Gasteiger charge is 2.12. The standard InChI is InChI=1S/C16H27ClN2O/c1-12(2)18-11-14-6-7-15(10-16(14)17)19(13(3)4)8-5-9-20/h6-7,10,12-13,18,20H,5,8-9,11H2,1-4H3. The van der Waals surface area contributed by atoms with Gasteiger partial charge in [-0.05, 0) is 38.0 Å². The van der Waals surface area contributed by atoms with Crippen LogP contribution in [0.5, 0.6) is 0 Å². The molecular formula is C16H27ClN2O. The molecule has 1 aromatic carbocycles. The lowest BCUT2D eigenvalue weighted by atomic mass is 10.1. The van der Waals surface area contributed by atoms with Gasteiger partial charge in [0.1, 0.15) is 0 Å². The van der Waals surface area contributed by atoms with E-state index in [0.717, 1.165) is 35.8 Å². The molecule has 0 aliphatic rings. The maximum Gasteiger partial charge on any atom is 0.0471 e. The summed E-state index contributed by atoms with van der Waals surface area (Å²) in [6.45, 7) is 10.4. The van der Waals surface area contributed by atoms with E-state index >= 15 is 0 Å². The van der Waals surface area contributed by atoms with Gasteiger partial charge in [0, 0.05) is 42.5 Å². The van der Waals surface area contributed by atoms with Crippen LogP contribution in [0.3, 0.4) is 0 Å². The molecule has 0 unspecified atom stereocenters. The van der Waals surface area contributed by atoms with Crippen molar-refractivity contribution in [2.45, 2.75) is 52.7 Å². The Kier molecular flexibility index (Phi) is 7.35. The first-order valence-corrected chi connectivity index (χ1v) is 7.72. The van der Waals surface area contributed by atoms with Crippen LogP contribution in [0.2, 0.25) is 5.02 Å². The Labute approximate surface area is 127 Å². The van der Waals surface area contributed by atoms with Crippen molar-refractivity contribution in [3.63, 3.8) is 0 Å². The maximum absolute atomic E-state index is 9.00. The molecule has 20 heavy (non-hydrogen) atoms. The number of hydrogen-bond acceptors (Lipinski definition) is 3. The van der Waals surface area contributed by atoms with Crippen LogP contribution in [0.1, 0.15) is 39.7 Å². The fourth-order valence-corrected chi connectivity index (χ4v) is 2.34. The molecule has 0 saturated heterocycles. The van der Waals surface area contributed by atoms with E-state index < -0.39 is 0 Å². The highest BCUT2D eigenvalue weighted by atomic mass is 35.5. The van der Waals surface area contributed by atoms with E-state index in [1.54, 1.807) is 0 Å². The Hall–Kier alpha value is -0.770. The van der Waals surface area contributed by atoms with E-state index in [9.17, 15) is 0 Å². The fourth-order valence-electron chi connectivity index (χ4n) is 2.10. The molecule has 0 spiro atoms. The van der Waals surface area contributed by atoms with Crippen molar-refractivity contribution in [3.05, 3.63) is 28.8 Å². The van der Waals surface area contributed by atoms with Crippen molar-refractivity contribution < 1.29 is 5.11 Å². The molecule has 114 valence electrons. The average molecular weight is 299 g/mol. The molecule has 2 N–H and O–H groups in total. The first-order valence-electron chi connectivity index (χ1n) is 7.35.